The molecule has 0 radical (unpaired) electrons. The number of rotatable bonds is 7. The first kappa shape index (κ1) is 20.8. The molecule has 4 atom stereocenters. The van der Waals surface area contributed by atoms with Crippen LogP contribution in [0.1, 0.15) is 17.7 Å². The number of nitrogens with one attached hydrogen (secondary N) is 1. The molecule has 32 heavy (non-hydrogen) atoms. The van der Waals surface area contributed by atoms with Gasteiger partial charge in [-0.1, -0.05) is 6.07 Å². The maximum Gasteiger partial charge on any atom is 0.231 e. The Morgan fingerprint density at radius 2 is 1.97 bits per heavy atom. The van der Waals surface area contributed by atoms with E-state index < -0.39 is 6.10 Å². The van der Waals surface area contributed by atoms with Gasteiger partial charge in [-0.15, -0.1) is 0 Å². The van der Waals surface area contributed by atoms with E-state index in [0.29, 0.717) is 25.2 Å². The van der Waals surface area contributed by atoms with Crippen molar-refractivity contribution < 1.29 is 19.7 Å². The fourth-order valence-corrected chi connectivity index (χ4v) is 4.66. The van der Waals surface area contributed by atoms with Crippen molar-refractivity contribution in [3.05, 3.63) is 66.2 Å². The van der Waals surface area contributed by atoms with Gasteiger partial charge in [-0.25, -0.2) is 9.97 Å². The van der Waals surface area contributed by atoms with Crippen LogP contribution in [-0.4, -0.2) is 50.7 Å². The highest BCUT2D eigenvalue weighted by molar-refractivity contribution is 5.52. The third kappa shape index (κ3) is 4.29. The Kier molecular flexibility index (Phi) is 5.98. The minimum atomic E-state index is -0.557. The van der Waals surface area contributed by atoms with Crippen molar-refractivity contribution in [3.8, 4) is 22.9 Å². The summed E-state index contributed by atoms with van der Waals surface area (Å²) in [4.78, 5) is 13.2. The van der Waals surface area contributed by atoms with Crippen molar-refractivity contribution >= 4 is 0 Å². The lowest BCUT2D eigenvalue weighted by Crippen LogP contribution is -2.36. The van der Waals surface area contributed by atoms with Crippen LogP contribution < -0.4 is 14.8 Å². The van der Waals surface area contributed by atoms with Crippen molar-refractivity contribution in [3.63, 3.8) is 0 Å². The lowest BCUT2D eigenvalue weighted by molar-refractivity contribution is 0.0716. The van der Waals surface area contributed by atoms with Gasteiger partial charge in [0.25, 0.3) is 0 Å². The van der Waals surface area contributed by atoms with E-state index in [-0.39, 0.29) is 31.3 Å². The van der Waals surface area contributed by atoms with Crippen LogP contribution in [0.3, 0.4) is 0 Å². The number of aliphatic hydroxyl groups excluding tert-OH is 2. The standard InChI is InChI=1S/C24H26N4O4/c29-13-19-18(9-17-5-7-26-24(28-17)16-2-1-6-25-12-16)20(10-21(19)30)27-11-15-3-4-22-23(8-15)32-14-31-22/h1-8,12,18-21,27,29-30H,9-11,13-14H2/t18-,19-,20-,21-/m1/s1. The molecular weight excluding hydrogens is 408 g/mol. The zero-order valence-electron chi connectivity index (χ0n) is 17.6. The quantitative estimate of drug-likeness (QED) is 0.518. The summed E-state index contributed by atoms with van der Waals surface area (Å²) in [6.45, 7) is 0.823. The van der Waals surface area contributed by atoms with E-state index in [9.17, 15) is 10.2 Å². The number of fused-ring (bicyclic) bond motifs is 1. The summed E-state index contributed by atoms with van der Waals surface area (Å²) < 4.78 is 10.8. The maximum atomic E-state index is 10.6. The van der Waals surface area contributed by atoms with E-state index in [1.54, 1.807) is 18.6 Å². The molecule has 2 aliphatic rings. The number of benzene rings is 1. The minimum absolute atomic E-state index is 0.0423. The summed E-state index contributed by atoms with van der Waals surface area (Å²) in [6.07, 6.45) is 5.87. The molecule has 1 aromatic carbocycles. The fraction of sp³-hybridized carbons (Fsp3) is 0.375. The Labute approximate surface area is 186 Å². The lowest BCUT2D eigenvalue weighted by atomic mass is 9.88. The molecule has 2 aromatic heterocycles. The molecule has 0 spiro atoms. The van der Waals surface area contributed by atoms with E-state index in [1.807, 2.05) is 36.4 Å². The van der Waals surface area contributed by atoms with Crippen LogP contribution in [0.15, 0.2) is 55.0 Å². The molecule has 166 valence electrons. The smallest absolute Gasteiger partial charge is 0.231 e. The number of aliphatic hydroxyl groups is 2. The average Bonchev–Trinajstić information content (AvgIpc) is 3.41. The lowest BCUT2D eigenvalue weighted by Gasteiger charge is -2.25. The Morgan fingerprint density at radius 3 is 2.81 bits per heavy atom. The van der Waals surface area contributed by atoms with Crippen molar-refractivity contribution in [2.45, 2.75) is 31.5 Å². The molecule has 1 aliphatic carbocycles. The summed E-state index contributed by atoms with van der Waals surface area (Å²) in [5.41, 5.74) is 2.82. The van der Waals surface area contributed by atoms with Gasteiger partial charge in [0, 0.05) is 55.0 Å². The first-order chi connectivity index (χ1) is 15.7. The van der Waals surface area contributed by atoms with Gasteiger partial charge in [0.1, 0.15) is 0 Å². The number of pyridine rings is 1. The van der Waals surface area contributed by atoms with Gasteiger partial charge in [0.15, 0.2) is 17.3 Å². The SMILES string of the molecule is OC[C@@H]1[C@@H](Cc2ccnc(-c3cccnc3)n2)[C@H](NCc2ccc3c(c2)OCO3)C[C@H]1O. The largest absolute Gasteiger partial charge is 0.454 e. The van der Waals surface area contributed by atoms with Gasteiger partial charge in [0.05, 0.1) is 6.10 Å². The maximum absolute atomic E-state index is 10.6. The summed E-state index contributed by atoms with van der Waals surface area (Å²) >= 11 is 0. The van der Waals surface area contributed by atoms with Gasteiger partial charge in [-0.05, 0) is 54.7 Å². The predicted molar refractivity (Wildman–Crippen MR) is 117 cm³/mol. The van der Waals surface area contributed by atoms with Crippen molar-refractivity contribution in [2.24, 2.45) is 11.8 Å². The van der Waals surface area contributed by atoms with Gasteiger partial charge in [0.2, 0.25) is 6.79 Å². The number of aromatic nitrogens is 3. The highest BCUT2D eigenvalue weighted by atomic mass is 16.7. The van der Waals surface area contributed by atoms with E-state index in [1.165, 1.54) is 0 Å². The summed E-state index contributed by atoms with van der Waals surface area (Å²) in [6, 6.07) is 11.6. The molecule has 0 amide bonds. The van der Waals surface area contributed by atoms with Crippen molar-refractivity contribution in [1.82, 2.24) is 20.3 Å². The Bertz CT molecular complexity index is 1060. The molecule has 8 nitrogen and oxygen atoms in total. The van der Waals surface area contributed by atoms with Crippen LogP contribution in [0, 0.1) is 11.8 Å². The normalized spacial score (nSPS) is 24.1. The van der Waals surface area contributed by atoms with Gasteiger partial charge in [-0.3, -0.25) is 4.98 Å². The molecule has 1 fully saturated rings. The van der Waals surface area contributed by atoms with Crippen LogP contribution in [0.25, 0.3) is 11.4 Å². The second-order valence-electron chi connectivity index (χ2n) is 8.31. The number of ether oxygens (including phenoxy) is 2. The van der Waals surface area contributed by atoms with Crippen LogP contribution in [0.5, 0.6) is 11.5 Å². The van der Waals surface area contributed by atoms with E-state index >= 15 is 0 Å². The van der Waals surface area contributed by atoms with Gasteiger partial charge in [-0.2, -0.15) is 0 Å². The van der Waals surface area contributed by atoms with E-state index in [2.05, 4.69) is 15.3 Å². The highest BCUT2D eigenvalue weighted by Crippen LogP contribution is 2.36. The first-order valence-corrected chi connectivity index (χ1v) is 10.8. The Balaban J connectivity index is 1.31. The number of hydrogen-bond acceptors (Lipinski definition) is 8. The molecule has 3 N–H and O–H groups in total. The molecule has 3 aromatic rings. The molecule has 8 heteroatoms. The Morgan fingerprint density at radius 1 is 1.06 bits per heavy atom. The third-order valence-electron chi connectivity index (χ3n) is 6.35. The summed E-state index contributed by atoms with van der Waals surface area (Å²) in [5.74, 6) is 1.97. The molecular formula is C24H26N4O4. The molecule has 5 rings (SSSR count). The van der Waals surface area contributed by atoms with Crippen LogP contribution in [-0.2, 0) is 13.0 Å². The van der Waals surface area contributed by atoms with Gasteiger partial charge < -0.3 is 25.0 Å². The average molecular weight is 434 g/mol. The van der Waals surface area contributed by atoms with Crippen molar-refractivity contribution in [2.75, 3.05) is 13.4 Å². The summed E-state index contributed by atoms with van der Waals surface area (Å²) in [7, 11) is 0. The molecule has 0 saturated heterocycles. The second kappa shape index (κ2) is 9.20. The van der Waals surface area contributed by atoms with Gasteiger partial charge >= 0.3 is 0 Å². The third-order valence-corrected chi connectivity index (χ3v) is 6.35. The monoisotopic (exact) mass is 434 g/mol. The highest BCUT2D eigenvalue weighted by Gasteiger charge is 2.42. The van der Waals surface area contributed by atoms with Crippen LogP contribution >= 0.6 is 0 Å². The molecule has 0 bridgehead atoms. The second-order valence-corrected chi connectivity index (χ2v) is 8.31. The zero-order valence-corrected chi connectivity index (χ0v) is 17.6. The number of hydrogen-bond donors (Lipinski definition) is 3. The molecule has 0 unspecified atom stereocenters. The zero-order chi connectivity index (χ0) is 21.9. The van der Waals surface area contributed by atoms with E-state index in [4.69, 9.17) is 14.5 Å². The van der Waals surface area contributed by atoms with Crippen LogP contribution in [0.4, 0.5) is 0 Å². The topological polar surface area (TPSA) is 110 Å². The predicted octanol–water partition coefficient (Wildman–Crippen LogP) is 1.96. The molecule has 1 aliphatic heterocycles. The van der Waals surface area contributed by atoms with Crippen molar-refractivity contribution in [1.29, 1.82) is 0 Å². The Hall–Kier alpha value is -3.07. The van der Waals surface area contributed by atoms with E-state index in [0.717, 1.165) is 28.3 Å². The first-order valence-electron chi connectivity index (χ1n) is 10.8. The fourth-order valence-electron chi connectivity index (χ4n) is 4.66. The summed E-state index contributed by atoms with van der Waals surface area (Å²) in [5, 5.41) is 24.1. The molecule has 1 saturated carbocycles. The number of nitrogens with zero attached hydrogens (tertiary/aromatic N) is 3. The molecule has 3 heterocycles. The van der Waals surface area contributed by atoms with Crippen LogP contribution in [0.2, 0.25) is 0 Å². The minimum Gasteiger partial charge on any atom is -0.454 e.